The highest BCUT2D eigenvalue weighted by atomic mass is 16.2. The first-order chi connectivity index (χ1) is 11.1. The first-order valence-corrected chi connectivity index (χ1v) is 7.26. The van der Waals surface area contributed by atoms with Crippen molar-refractivity contribution in [2.24, 2.45) is 5.92 Å². The maximum atomic E-state index is 12.0. The summed E-state index contributed by atoms with van der Waals surface area (Å²) in [5.41, 5.74) is 1.40. The van der Waals surface area contributed by atoms with Gasteiger partial charge in [0.25, 0.3) is 0 Å². The smallest absolute Gasteiger partial charge is 0.225 e. The molecule has 3 heterocycles. The molecule has 3 aromatic heterocycles. The van der Waals surface area contributed by atoms with Crippen LogP contribution in [0.3, 0.4) is 0 Å². The molecule has 1 atom stereocenters. The summed E-state index contributed by atoms with van der Waals surface area (Å²) in [5, 5.41) is 12.7. The van der Waals surface area contributed by atoms with Gasteiger partial charge in [-0.05, 0) is 18.2 Å². The number of hydrogen-bond donors (Lipinski definition) is 0. The SMILES string of the molecule is C[C@H](Cc1ccc2nnc(-c3ncccn3)n2n1)C(=O)N(C)C. The topological polar surface area (TPSA) is 89.2 Å². The Morgan fingerprint density at radius 2 is 1.96 bits per heavy atom. The summed E-state index contributed by atoms with van der Waals surface area (Å²) >= 11 is 0. The van der Waals surface area contributed by atoms with Crippen molar-refractivity contribution in [2.75, 3.05) is 14.1 Å². The van der Waals surface area contributed by atoms with E-state index in [4.69, 9.17) is 0 Å². The molecule has 0 spiro atoms. The van der Waals surface area contributed by atoms with E-state index in [2.05, 4.69) is 25.3 Å². The molecule has 0 aromatic carbocycles. The van der Waals surface area contributed by atoms with Crippen LogP contribution in [0.25, 0.3) is 17.3 Å². The third kappa shape index (κ3) is 3.01. The van der Waals surface area contributed by atoms with Crippen LogP contribution in [0, 0.1) is 5.92 Å². The molecule has 3 aromatic rings. The molecule has 0 aliphatic carbocycles. The van der Waals surface area contributed by atoms with E-state index in [1.165, 1.54) is 0 Å². The molecule has 0 aliphatic heterocycles. The van der Waals surface area contributed by atoms with Crippen LogP contribution in [0.2, 0.25) is 0 Å². The maximum Gasteiger partial charge on any atom is 0.225 e. The third-order valence-corrected chi connectivity index (χ3v) is 3.46. The average Bonchev–Trinajstić information content (AvgIpc) is 2.98. The van der Waals surface area contributed by atoms with Crippen molar-refractivity contribution in [1.29, 1.82) is 0 Å². The quantitative estimate of drug-likeness (QED) is 0.709. The number of fused-ring (bicyclic) bond motifs is 1. The molecule has 0 unspecified atom stereocenters. The van der Waals surface area contributed by atoms with Crippen molar-refractivity contribution in [1.82, 2.24) is 34.7 Å². The monoisotopic (exact) mass is 311 g/mol. The van der Waals surface area contributed by atoms with Crippen LogP contribution in [0.1, 0.15) is 12.6 Å². The normalized spacial score (nSPS) is 12.3. The van der Waals surface area contributed by atoms with E-state index >= 15 is 0 Å². The van der Waals surface area contributed by atoms with Crippen molar-refractivity contribution < 1.29 is 4.79 Å². The Morgan fingerprint density at radius 3 is 2.65 bits per heavy atom. The molecule has 3 rings (SSSR count). The molecule has 118 valence electrons. The fourth-order valence-electron chi connectivity index (χ4n) is 2.33. The minimum Gasteiger partial charge on any atom is -0.349 e. The molecule has 0 radical (unpaired) electrons. The van der Waals surface area contributed by atoms with Gasteiger partial charge in [-0.25, -0.2) is 9.97 Å². The van der Waals surface area contributed by atoms with Crippen LogP contribution in [-0.2, 0) is 11.2 Å². The third-order valence-electron chi connectivity index (χ3n) is 3.46. The lowest BCUT2D eigenvalue weighted by Crippen LogP contribution is -2.29. The van der Waals surface area contributed by atoms with Gasteiger partial charge in [-0.1, -0.05) is 6.92 Å². The molecule has 0 saturated carbocycles. The number of hydrogen-bond acceptors (Lipinski definition) is 6. The Kier molecular flexibility index (Phi) is 3.96. The second-order valence-corrected chi connectivity index (χ2v) is 5.53. The summed E-state index contributed by atoms with van der Waals surface area (Å²) in [4.78, 5) is 21.9. The molecule has 0 fully saturated rings. The van der Waals surface area contributed by atoms with E-state index in [0.717, 1.165) is 5.69 Å². The molecular formula is C15H17N7O. The first-order valence-electron chi connectivity index (χ1n) is 7.26. The lowest BCUT2D eigenvalue weighted by Gasteiger charge is -2.16. The lowest BCUT2D eigenvalue weighted by molar-refractivity contribution is -0.132. The van der Waals surface area contributed by atoms with Crippen LogP contribution in [-0.4, -0.2) is 54.7 Å². The number of carbonyl (C=O) groups excluding carboxylic acids is 1. The van der Waals surface area contributed by atoms with Crippen LogP contribution in [0.4, 0.5) is 0 Å². The summed E-state index contributed by atoms with van der Waals surface area (Å²) < 4.78 is 1.61. The highest BCUT2D eigenvalue weighted by Gasteiger charge is 2.17. The number of rotatable bonds is 4. The largest absolute Gasteiger partial charge is 0.349 e. The van der Waals surface area contributed by atoms with Crippen LogP contribution in [0.15, 0.2) is 30.6 Å². The Balaban J connectivity index is 1.94. The van der Waals surface area contributed by atoms with E-state index in [9.17, 15) is 4.79 Å². The highest BCUT2D eigenvalue weighted by Crippen LogP contribution is 2.14. The van der Waals surface area contributed by atoms with Gasteiger partial charge in [0.05, 0.1) is 5.69 Å². The van der Waals surface area contributed by atoms with E-state index in [1.807, 2.05) is 19.1 Å². The average molecular weight is 311 g/mol. The summed E-state index contributed by atoms with van der Waals surface area (Å²) in [5.74, 6) is 0.862. The van der Waals surface area contributed by atoms with Crippen LogP contribution >= 0.6 is 0 Å². The summed E-state index contributed by atoms with van der Waals surface area (Å²) in [6, 6.07) is 5.42. The summed E-state index contributed by atoms with van der Waals surface area (Å²) in [6.07, 6.45) is 3.83. The molecule has 23 heavy (non-hydrogen) atoms. The molecule has 8 heteroatoms. The molecule has 1 amide bonds. The molecule has 0 saturated heterocycles. The fraction of sp³-hybridized carbons (Fsp3) is 0.333. The maximum absolute atomic E-state index is 12.0. The standard InChI is InChI=1S/C15H17N7O/c1-10(15(23)21(2)3)9-11-5-6-12-18-19-14(22(12)20-11)13-16-7-4-8-17-13/h4-8,10H,9H2,1-3H3/t10-/m1/s1. The number of amides is 1. The van der Waals surface area contributed by atoms with Gasteiger partial charge in [0, 0.05) is 38.8 Å². The van der Waals surface area contributed by atoms with E-state index in [1.54, 1.807) is 42.0 Å². The molecule has 8 nitrogen and oxygen atoms in total. The number of nitrogens with zero attached hydrogens (tertiary/aromatic N) is 7. The van der Waals surface area contributed by atoms with Gasteiger partial charge in [-0.15, -0.1) is 10.2 Å². The zero-order chi connectivity index (χ0) is 16.4. The van der Waals surface area contributed by atoms with E-state index in [-0.39, 0.29) is 11.8 Å². The summed E-state index contributed by atoms with van der Waals surface area (Å²) in [6.45, 7) is 1.89. The molecule has 0 bridgehead atoms. The second kappa shape index (κ2) is 6.07. The van der Waals surface area contributed by atoms with Crippen molar-refractivity contribution in [3.63, 3.8) is 0 Å². The minimum atomic E-state index is -0.150. The van der Waals surface area contributed by atoms with Gasteiger partial charge >= 0.3 is 0 Å². The van der Waals surface area contributed by atoms with Crippen molar-refractivity contribution in [3.05, 3.63) is 36.3 Å². The van der Waals surface area contributed by atoms with Gasteiger partial charge in [0.15, 0.2) is 11.5 Å². The molecule has 0 aliphatic rings. The van der Waals surface area contributed by atoms with Crippen molar-refractivity contribution in [3.8, 4) is 11.6 Å². The molecular weight excluding hydrogens is 294 g/mol. The Labute approximate surface area is 133 Å². The van der Waals surface area contributed by atoms with E-state index in [0.29, 0.717) is 23.7 Å². The fourth-order valence-corrected chi connectivity index (χ4v) is 2.33. The summed E-state index contributed by atoms with van der Waals surface area (Å²) in [7, 11) is 3.50. The van der Waals surface area contributed by atoms with Crippen LogP contribution in [0.5, 0.6) is 0 Å². The lowest BCUT2D eigenvalue weighted by atomic mass is 10.0. The van der Waals surface area contributed by atoms with Crippen molar-refractivity contribution in [2.45, 2.75) is 13.3 Å². The Hall–Kier alpha value is -2.90. The first kappa shape index (κ1) is 15.0. The zero-order valence-electron chi connectivity index (χ0n) is 13.2. The minimum absolute atomic E-state index is 0.0715. The number of carbonyl (C=O) groups is 1. The van der Waals surface area contributed by atoms with E-state index < -0.39 is 0 Å². The molecule has 0 N–H and O–H groups in total. The Morgan fingerprint density at radius 1 is 1.22 bits per heavy atom. The number of aromatic nitrogens is 6. The van der Waals surface area contributed by atoms with Crippen molar-refractivity contribution >= 4 is 11.6 Å². The van der Waals surface area contributed by atoms with Gasteiger partial charge in [-0.3, -0.25) is 4.79 Å². The second-order valence-electron chi connectivity index (χ2n) is 5.53. The highest BCUT2D eigenvalue weighted by molar-refractivity contribution is 5.78. The predicted octanol–water partition coefficient (Wildman–Crippen LogP) is 0.848. The van der Waals surface area contributed by atoms with Crippen LogP contribution < -0.4 is 0 Å². The predicted molar refractivity (Wildman–Crippen MR) is 83.4 cm³/mol. The van der Waals surface area contributed by atoms with Gasteiger partial charge < -0.3 is 4.90 Å². The zero-order valence-corrected chi connectivity index (χ0v) is 13.2. The van der Waals surface area contributed by atoms with Gasteiger partial charge in [0.1, 0.15) is 0 Å². The Bertz CT molecular complexity index is 828. The van der Waals surface area contributed by atoms with Gasteiger partial charge in [-0.2, -0.15) is 9.61 Å². The van der Waals surface area contributed by atoms with Gasteiger partial charge in [0.2, 0.25) is 11.7 Å².